The molecule has 1 saturated heterocycles. The summed E-state index contributed by atoms with van der Waals surface area (Å²) in [6.07, 6.45) is 2.74. The highest BCUT2D eigenvalue weighted by molar-refractivity contribution is 5.82. The van der Waals surface area contributed by atoms with Crippen molar-refractivity contribution in [3.63, 3.8) is 0 Å². The topological polar surface area (TPSA) is 67.6 Å². The van der Waals surface area contributed by atoms with E-state index < -0.39 is 0 Å². The number of carbonyl (C=O) groups is 1. The van der Waals surface area contributed by atoms with Crippen LogP contribution in [0.25, 0.3) is 0 Å². The summed E-state index contributed by atoms with van der Waals surface area (Å²) in [5, 5.41) is 3.19. The predicted molar refractivity (Wildman–Crippen MR) is 83.9 cm³/mol. The van der Waals surface area contributed by atoms with Crippen LogP contribution in [0.1, 0.15) is 40.5 Å². The molecule has 5 nitrogen and oxygen atoms in total. The van der Waals surface area contributed by atoms with Gasteiger partial charge in [0.15, 0.2) is 0 Å². The molecule has 4 unspecified atom stereocenters. The van der Waals surface area contributed by atoms with Crippen molar-refractivity contribution >= 4 is 5.91 Å². The average Bonchev–Trinajstić information content (AvgIpc) is 3.18. The van der Waals surface area contributed by atoms with Gasteiger partial charge < -0.3 is 15.8 Å². The lowest BCUT2D eigenvalue weighted by atomic mass is 9.99. The van der Waals surface area contributed by atoms with Gasteiger partial charge in [0.25, 0.3) is 0 Å². The van der Waals surface area contributed by atoms with E-state index in [4.69, 9.17) is 10.5 Å². The second-order valence-electron chi connectivity index (χ2n) is 7.09. The van der Waals surface area contributed by atoms with Crippen LogP contribution < -0.4 is 11.1 Å². The molecular formula is C16H31N3O2. The van der Waals surface area contributed by atoms with E-state index in [1.165, 1.54) is 12.8 Å². The number of hydrogen-bond donors (Lipinski definition) is 2. The largest absolute Gasteiger partial charge is 0.373 e. The fourth-order valence-corrected chi connectivity index (χ4v) is 3.47. The van der Waals surface area contributed by atoms with Gasteiger partial charge in [-0.15, -0.1) is 0 Å². The molecule has 1 aliphatic heterocycles. The highest BCUT2D eigenvalue weighted by atomic mass is 16.5. The quantitative estimate of drug-likeness (QED) is 0.767. The first-order valence-corrected chi connectivity index (χ1v) is 8.32. The minimum Gasteiger partial charge on any atom is -0.373 e. The summed E-state index contributed by atoms with van der Waals surface area (Å²) in [7, 11) is 0. The SMILES string of the molecule is CC1CN(C(C(=O)NC(CN)C2CC2)C(C)C)CC(C)O1. The Morgan fingerprint density at radius 3 is 2.29 bits per heavy atom. The first-order valence-electron chi connectivity index (χ1n) is 8.32. The number of morpholine rings is 1. The molecule has 21 heavy (non-hydrogen) atoms. The van der Waals surface area contributed by atoms with Gasteiger partial charge in [0.05, 0.1) is 18.2 Å². The third-order valence-electron chi connectivity index (χ3n) is 4.51. The van der Waals surface area contributed by atoms with E-state index >= 15 is 0 Å². The lowest BCUT2D eigenvalue weighted by Gasteiger charge is -2.41. The lowest BCUT2D eigenvalue weighted by Crippen LogP contribution is -2.58. The molecule has 1 aliphatic carbocycles. The third-order valence-corrected chi connectivity index (χ3v) is 4.51. The van der Waals surface area contributed by atoms with Crippen LogP contribution in [0.15, 0.2) is 0 Å². The summed E-state index contributed by atoms with van der Waals surface area (Å²) in [5.41, 5.74) is 5.81. The maximum absolute atomic E-state index is 12.7. The number of nitrogens with zero attached hydrogens (tertiary/aromatic N) is 1. The minimum atomic E-state index is -0.0911. The molecule has 3 N–H and O–H groups in total. The number of nitrogens with two attached hydrogens (primary N) is 1. The molecule has 122 valence electrons. The Morgan fingerprint density at radius 2 is 1.86 bits per heavy atom. The number of nitrogens with one attached hydrogen (secondary N) is 1. The van der Waals surface area contributed by atoms with E-state index in [9.17, 15) is 4.79 Å². The molecule has 2 aliphatic rings. The molecule has 2 fully saturated rings. The third kappa shape index (κ3) is 4.41. The van der Waals surface area contributed by atoms with Crippen molar-refractivity contribution in [1.82, 2.24) is 10.2 Å². The number of amides is 1. The number of ether oxygens (including phenoxy) is 1. The zero-order valence-corrected chi connectivity index (χ0v) is 13.8. The fraction of sp³-hybridized carbons (Fsp3) is 0.938. The van der Waals surface area contributed by atoms with Gasteiger partial charge >= 0.3 is 0 Å². The summed E-state index contributed by atoms with van der Waals surface area (Å²) in [6.45, 7) is 10.6. The number of hydrogen-bond acceptors (Lipinski definition) is 4. The molecule has 5 heteroatoms. The summed E-state index contributed by atoms with van der Waals surface area (Å²) >= 11 is 0. The van der Waals surface area contributed by atoms with E-state index in [-0.39, 0.29) is 36.1 Å². The van der Waals surface area contributed by atoms with Crippen molar-refractivity contribution in [2.24, 2.45) is 17.6 Å². The molecule has 4 atom stereocenters. The summed E-state index contributed by atoms with van der Waals surface area (Å²) in [4.78, 5) is 15.0. The number of carbonyl (C=O) groups excluding carboxylic acids is 1. The first-order chi connectivity index (χ1) is 9.92. The Hall–Kier alpha value is -0.650. The monoisotopic (exact) mass is 297 g/mol. The fourth-order valence-electron chi connectivity index (χ4n) is 3.47. The van der Waals surface area contributed by atoms with Crippen molar-refractivity contribution < 1.29 is 9.53 Å². The molecule has 0 aromatic heterocycles. The van der Waals surface area contributed by atoms with Crippen LogP contribution >= 0.6 is 0 Å². The molecule has 0 aromatic rings. The van der Waals surface area contributed by atoms with Crippen LogP contribution in [0.2, 0.25) is 0 Å². The van der Waals surface area contributed by atoms with Crippen molar-refractivity contribution in [2.45, 2.75) is 64.8 Å². The van der Waals surface area contributed by atoms with Crippen LogP contribution in [0, 0.1) is 11.8 Å². The van der Waals surface area contributed by atoms with E-state index in [1.54, 1.807) is 0 Å². The van der Waals surface area contributed by atoms with Crippen LogP contribution in [-0.4, -0.2) is 54.7 Å². The highest BCUT2D eigenvalue weighted by Crippen LogP contribution is 2.32. The molecule has 2 rings (SSSR count). The number of rotatable bonds is 6. The second kappa shape index (κ2) is 7.07. The molecule has 0 radical (unpaired) electrons. The molecular weight excluding hydrogens is 266 g/mol. The Labute approximate surface area is 128 Å². The van der Waals surface area contributed by atoms with Crippen LogP contribution in [0.4, 0.5) is 0 Å². The summed E-state index contributed by atoms with van der Waals surface area (Å²) in [6, 6.07) is 0.0567. The zero-order valence-electron chi connectivity index (χ0n) is 13.8. The van der Waals surface area contributed by atoms with Gasteiger partial charge in [-0.25, -0.2) is 0 Å². The van der Waals surface area contributed by atoms with Gasteiger partial charge in [-0.2, -0.15) is 0 Å². The van der Waals surface area contributed by atoms with Crippen molar-refractivity contribution in [2.75, 3.05) is 19.6 Å². The Balaban J connectivity index is 2.01. The van der Waals surface area contributed by atoms with E-state index in [2.05, 4.69) is 37.9 Å². The van der Waals surface area contributed by atoms with Crippen molar-refractivity contribution in [1.29, 1.82) is 0 Å². The predicted octanol–water partition coefficient (Wildman–Crippen LogP) is 0.974. The molecule has 1 heterocycles. The minimum absolute atomic E-state index is 0.0911. The summed E-state index contributed by atoms with van der Waals surface area (Å²) < 4.78 is 5.78. The summed E-state index contributed by atoms with van der Waals surface area (Å²) in [5.74, 6) is 1.00. The Morgan fingerprint density at radius 1 is 1.29 bits per heavy atom. The normalized spacial score (nSPS) is 30.2. The van der Waals surface area contributed by atoms with Crippen LogP contribution in [0.5, 0.6) is 0 Å². The average molecular weight is 297 g/mol. The van der Waals surface area contributed by atoms with Gasteiger partial charge in [0, 0.05) is 25.7 Å². The molecule has 1 amide bonds. The van der Waals surface area contributed by atoms with Gasteiger partial charge in [-0.1, -0.05) is 13.8 Å². The maximum Gasteiger partial charge on any atom is 0.237 e. The Bertz CT molecular complexity index is 347. The molecule has 0 spiro atoms. The Kier molecular flexibility index (Phi) is 5.63. The lowest BCUT2D eigenvalue weighted by molar-refractivity contribution is -0.136. The highest BCUT2D eigenvalue weighted by Gasteiger charge is 2.37. The van der Waals surface area contributed by atoms with E-state index in [0.29, 0.717) is 12.5 Å². The van der Waals surface area contributed by atoms with Gasteiger partial charge in [-0.3, -0.25) is 9.69 Å². The van der Waals surface area contributed by atoms with Gasteiger partial charge in [0.2, 0.25) is 5.91 Å². The van der Waals surface area contributed by atoms with Crippen molar-refractivity contribution in [3.8, 4) is 0 Å². The van der Waals surface area contributed by atoms with Crippen LogP contribution in [-0.2, 0) is 9.53 Å². The first kappa shape index (κ1) is 16.7. The molecule has 0 aromatic carbocycles. The van der Waals surface area contributed by atoms with Gasteiger partial charge in [-0.05, 0) is 38.5 Å². The standard InChI is InChI=1S/C16H31N3O2/c1-10(2)15(19-8-11(3)21-12(4)9-19)16(20)18-14(7-17)13-5-6-13/h10-15H,5-9,17H2,1-4H3,(H,18,20). The smallest absolute Gasteiger partial charge is 0.237 e. The molecule has 0 bridgehead atoms. The zero-order chi connectivity index (χ0) is 15.6. The second-order valence-corrected chi connectivity index (χ2v) is 7.09. The van der Waals surface area contributed by atoms with E-state index in [0.717, 1.165) is 13.1 Å². The molecule has 1 saturated carbocycles. The maximum atomic E-state index is 12.7. The van der Waals surface area contributed by atoms with Crippen molar-refractivity contribution in [3.05, 3.63) is 0 Å². The van der Waals surface area contributed by atoms with Crippen LogP contribution in [0.3, 0.4) is 0 Å². The van der Waals surface area contributed by atoms with Gasteiger partial charge in [0.1, 0.15) is 0 Å². The van der Waals surface area contributed by atoms with E-state index in [1.807, 2.05) is 0 Å².